The van der Waals surface area contributed by atoms with Gasteiger partial charge in [-0.15, -0.1) is 0 Å². The third-order valence-electron chi connectivity index (χ3n) is 4.66. The molecule has 0 unspecified atom stereocenters. The molecular formula is C21H29N5O5. The summed E-state index contributed by atoms with van der Waals surface area (Å²) in [5.74, 6) is -2.12. The molecule has 0 saturated carbocycles. The van der Waals surface area contributed by atoms with E-state index in [0.29, 0.717) is 12.1 Å². The highest BCUT2D eigenvalue weighted by molar-refractivity contribution is 5.91. The molecule has 2 amide bonds. The van der Waals surface area contributed by atoms with Crippen LogP contribution in [0.5, 0.6) is 5.75 Å². The lowest BCUT2D eigenvalue weighted by atomic mass is 10.0. The molecular weight excluding hydrogens is 402 g/mol. The fraction of sp³-hybridized carbons (Fsp3) is 0.429. The van der Waals surface area contributed by atoms with Gasteiger partial charge in [-0.05, 0) is 36.5 Å². The molecule has 0 aliphatic rings. The number of hydrogen-bond acceptors (Lipinski definition) is 6. The number of nitrogens with zero attached hydrogens (tertiary/aromatic N) is 1. The SMILES string of the molecule is CC(C)C[C@H](NC(=O)[C@@H](N)Cc1ccc(O)cc1)C(=O)N[C@@H](Cc1cnc[nH]1)C(=O)O. The minimum Gasteiger partial charge on any atom is -0.508 e. The summed E-state index contributed by atoms with van der Waals surface area (Å²) >= 11 is 0. The van der Waals surface area contributed by atoms with Crippen LogP contribution in [-0.4, -0.2) is 56.1 Å². The van der Waals surface area contributed by atoms with Crippen molar-refractivity contribution in [2.24, 2.45) is 11.7 Å². The number of phenols is 1. The average Bonchev–Trinajstić information content (AvgIpc) is 3.21. The number of phenolic OH excluding ortho intramolecular Hbond substituents is 1. The second kappa shape index (κ2) is 11.1. The van der Waals surface area contributed by atoms with Gasteiger partial charge in [-0.2, -0.15) is 0 Å². The van der Waals surface area contributed by atoms with Crippen LogP contribution in [0.3, 0.4) is 0 Å². The Kier molecular flexibility index (Phi) is 8.56. The number of carboxylic acid groups (broad SMARTS) is 1. The molecule has 0 aliphatic heterocycles. The van der Waals surface area contributed by atoms with Crippen molar-refractivity contribution in [2.45, 2.75) is 51.2 Å². The van der Waals surface area contributed by atoms with E-state index in [-0.39, 0.29) is 24.5 Å². The van der Waals surface area contributed by atoms with Crippen molar-refractivity contribution in [3.8, 4) is 5.75 Å². The Morgan fingerprint density at radius 2 is 1.71 bits per heavy atom. The van der Waals surface area contributed by atoms with Crippen LogP contribution in [0.2, 0.25) is 0 Å². The third kappa shape index (κ3) is 7.74. The van der Waals surface area contributed by atoms with Crippen LogP contribution in [0.1, 0.15) is 31.5 Å². The van der Waals surface area contributed by atoms with Gasteiger partial charge in [-0.3, -0.25) is 9.59 Å². The van der Waals surface area contributed by atoms with Crippen molar-refractivity contribution >= 4 is 17.8 Å². The van der Waals surface area contributed by atoms with Crippen LogP contribution >= 0.6 is 0 Å². The van der Waals surface area contributed by atoms with Gasteiger partial charge in [0.15, 0.2) is 0 Å². The van der Waals surface area contributed by atoms with Gasteiger partial charge in [0.25, 0.3) is 0 Å². The van der Waals surface area contributed by atoms with Gasteiger partial charge in [0.2, 0.25) is 11.8 Å². The number of aromatic hydroxyl groups is 1. The van der Waals surface area contributed by atoms with Crippen LogP contribution in [0.25, 0.3) is 0 Å². The molecule has 0 saturated heterocycles. The molecule has 3 atom stereocenters. The molecule has 31 heavy (non-hydrogen) atoms. The van der Waals surface area contributed by atoms with E-state index in [1.54, 1.807) is 12.1 Å². The lowest BCUT2D eigenvalue weighted by Gasteiger charge is -2.24. The Bertz CT molecular complexity index is 867. The maximum absolute atomic E-state index is 12.8. The number of imidazole rings is 1. The van der Waals surface area contributed by atoms with Gasteiger partial charge in [0, 0.05) is 18.3 Å². The van der Waals surface area contributed by atoms with Crippen LogP contribution < -0.4 is 16.4 Å². The first-order valence-electron chi connectivity index (χ1n) is 10.00. The molecule has 0 fully saturated rings. The zero-order valence-corrected chi connectivity index (χ0v) is 17.5. The predicted octanol–water partition coefficient (Wildman–Crippen LogP) is 0.328. The number of carboxylic acids is 1. The molecule has 1 aromatic carbocycles. The molecule has 2 rings (SSSR count). The van der Waals surface area contributed by atoms with Crippen molar-refractivity contribution in [1.82, 2.24) is 20.6 Å². The molecule has 0 aliphatic carbocycles. The number of carbonyl (C=O) groups excluding carboxylic acids is 2. The standard InChI is InChI=1S/C21H29N5O5/c1-12(2)7-17(20(29)26-18(21(30)31)9-14-10-23-11-24-14)25-19(28)16(22)8-13-3-5-15(27)6-4-13/h3-6,10-12,16-18,27H,7-9,22H2,1-2H3,(H,23,24)(H,25,28)(H,26,29)(H,30,31)/t16-,17-,18-/m0/s1. The van der Waals surface area contributed by atoms with Gasteiger partial charge >= 0.3 is 5.97 Å². The van der Waals surface area contributed by atoms with Gasteiger partial charge in [-0.1, -0.05) is 26.0 Å². The zero-order valence-electron chi connectivity index (χ0n) is 17.5. The minimum absolute atomic E-state index is 0.0315. The zero-order chi connectivity index (χ0) is 23.0. The first-order valence-corrected chi connectivity index (χ1v) is 10.00. The molecule has 2 aromatic rings. The Hall–Kier alpha value is -3.40. The number of aromatic nitrogens is 2. The first kappa shape index (κ1) is 23.9. The summed E-state index contributed by atoms with van der Waals surface area (Å²) in [4.78, 5) is 43.6. The van der Waals surface area contributed by atoms with Gasteiger partial charge in [0.1, 0.15) is 17.8 Å². The maximum Gasteiger partial charge on any atom is 0.326 e. The highest BCUT2D eigenvalue weighted by Crippen LogP contribution is 2.12. The molecule has 1 heterocycles. The first-order chi connectivity index (χ1) is 14.7. The van der Waals surface area contributed by atoms with Crippen LogP contribution in [0.15, 0.2) is 36.8 Å². The molecule has 0 radical (unpaired) electrons. The molecule has 10 heteroatoms. The van der Waals surface area contributed by atoms with E-state index in [0.717, 1.165) is 5.56 Å². The summed E-state index contributed by atoms with van der Waals surface area (Å²) < 4.78 is 0. The van der Waals surface area contributed by atoms with E-state index in [2.05, 4.69) is 20.6 Å². The summed E-state index contributed by atoms with van der Waals surface area (Å²) in [5, 5.41) is 24.0. The van der Waals surface area contributed by atoms with Crippen LogP contribution in [0.4, 0.5) is 0 Å². The number of H-pyrrole nitrogens is 1. The molecule has 168 valence electrons. The fourth-order valence-electron chi connectivity index (χ4n) is 3.05. The Balaban J connectivity index is 2.02. The van der Waals surface area contributed by atoms with Crippen LogP contribution in [0, 0.1) is 5.92 Å². The Morgan fingerprint density at radius 3 is 2.26 bits per heavy atom. The van der Waals surface area contributed by atoms with Crippen molar-refractivity contribution in [1.29, 1.82) is 0 Å². The summed E-state index contributed by atoms with van der Waals surface area (Å²) in [6.45, 7) is 3.78. The lowest BCUT2D eigenvalue weighted by Crippen LogP contribution is -2.55. The topological polar surface area (TPSA) is 170 Å². The van der Waals surface area contributed by atoms with Gasteiger partial charge < -0.3 is 31.6 Å². The average molecular weight is 431 g/mol. The second-order valence-electron chi connectivity index (χ2n) is 7.85. The highest BCUT2D eigenvalue weighted by Gasteiger charge is 2.29. The molecule has 0 bridgehead atoms. The number of carbonyl (C=O) groups is 3. The number of rotatable bonds is 11. The minimum atomic E-state index is -1.19. The second-order valence-corrected chi connectivity index (χ2v) is 7.85. The monoisotopic (exact) mass is 431 g/mol. The van der Waals surface area contributed by atoms with E-state index < -0.39 is 35.9 Å². The Labute approximate surface area is 180 Å². The van der Waals surface area contributed by atoms with Gasteiger partial charge in [-0.25, -0.2) is 9.78 Å². The quantitative estimate of drug-likeness (QED) is 0.298. The van der Waals surface area contributed by atoms with E-state index in [4.69, 9.17) is 5.73 Å². The largest absolute Gasteiger partial charge is 0.508 e. The van der Waals surface area contributed by atoms with Gasteiger partial charge in [0.05, 0.1) is 12.4 Å². The van der Waals surface area contributed by atoms with Crippen molar-refractivity contribution in [3.05, 3.63) is 48.0 Å². The number of benzene rings is 1. The summed E-state index contributed by atoms with van der Waals surface area (Å²) in [5.41, 5.74) is 7.32. The maximum atomic E-state index is 12.8. The number of aliphatic carboxylic acids is 1. The van der Waals surface area contributed by atoms with E-state index in [1.165, 1.54) is 24.7 Å². The molecule has 7 N–H and O–H groups in total. The predicted molar refractivity (Wildman–Crippen MR) is 113 cm³/mol. The number of amides is 2. The number of hydrogen-bond donors (Lipinski definition) is 6. The lowest BCUT2D eigenvalue weighted by molar-refractivity contribution is -0.142. The van der Waals surface area contributed by atoms with Crippen molar-refractivity contribution < 1.29 is 24.6 Å². The normalized spacial score (nSPS) is 13.9. The van der Waals surface area contributed by atoms with E-state index in [1.807, 2.05) is 13.8 Å². The molecule has 10 nitrogen and oxygen atoms in total. The third-order valence-corrected chi connectivity index (χ3v) is 4.66. The molecule has 1 aromatic heterocycles. The Morgan fingerprint density at radius 1 is 1.06 bits per heavy atom. The summed E-state index contributed by atoms with van der Waals surface area (Å²) in [6.07, 6.45) is 3.48. The van der Waals surface area contributed by atoms with E-state index >= 15 is 0 Å². The van der Waals surface area contributed by atoms with Crippen molar-refractivity contribution in [2.75, 3.05) is 0 Å². The number of aromatic amines is 1. The smallest absolute Gasteiger partial charge is 0.326 e. The number of nitrogens with one attached hydrogen (secondary N) is 3. The molecule has 0 spiro atoms. The summed E-state index contributed by atoms with van der Waals surface area (Å²) in [6, 6.07) is 3.31. The highest BCUT2D eigenvalue weighted by atomic mass is 16.4. The van der Waals surface area contributed by atoms with E-state index in [9.17, 15) is 24.6 Å². The van der Waals surface area contributed by atoms with Crippen molar-refractivity contribution in [3.63, 3.8) is 0 Å². The summed E-state index contributed by atoms with van der Waals surface area (Å²) in [7, 11) is 0. The number of nitrogens with two attached hydrogens (primary N) is 1. The van der Waals surface area contributed by atoms with Crippen LogP contribution in [-0.2, 0) is 27.2 Å². The fourth-order valence-corrected chi connectivity index (χ4v) is 3.05.